The lowest BCUT2D eigenvalue weighted by molar-refractivity contribution is -0.656. The molecule has 2 aromatic carbocycles. The van der Waals surface area contributed by atoms with Gasteiger partial charge in [-0.1, -0.05) is 42.8 Å². The molecule has 0 aliphatic carbocycles. The smallest absolute Gasteiger partial charge is 0.316 e. The minimum Gasteiger partial charge on any atom is -1.00 e. The van der Waals surface area contributed by atoms with E-state index in [-0.39, 0.29) is 17.0 Å². The Morgan fingerprint density at radius 3 is 2.50 bits per heavy atom. The van der Waals surface area contributed by atoms with Crippen LogP contribution in [0.1, 0.15) is 24.5 Å². The molecule has 0 saturated heterocycles. The summed E-state index contributed by atoms with van der Waals surface area (Å²) in [5.41, 5.74) is 2.33. The van der Waals surface area contributed by atoms with Crippen molar-refractivity contribution >= 4 is 34.2 Å². The molecule has 138 valence electrons. The highest BCUT2D eigenvalue weighted by Gasteiger charge is 2.53. The lowest BCUT2D eigenvalue weighted by Crippen LogP contribution is -3.00. The van der Waals surface area contributed by atoms with Crippen molar-refractivity contribution in [3.8, 4) is 0 Å². The number of aliphatic hydroxyl groups is 1. The number of benzene rings is 2. The van der Waals surface area contributed by atoms with Crippen LogP contribution < -0.4 is 21.9 Å². The molecule has 2 heterocycles. The third kappa shape index (κ3) is 3.42. The van der Waals surface area contributed by atoms with Crippen LogP contribution in [0.4, 0.5) is 5.69 Å². The van der Waals surface area contributed by atoms with Crippen molar-refractivity contribution < 1.29 is 26.7 Å². The topological polar surface area (TPSA) is 26.5 Å². The maximum absolute atomic E-state index is 11.6. The summed E-state index contributed by atoms with van der Waals surface area (Å²) in [6, 6.07) is 16.2. The maximum atomic E-state index is 11.6. The van der Waals surface area contributed by atoms with E-state index in [0.717, 1.165) is 46.6 Å². The van der Waals surface area contributed by atoms with Crippen LogP contribution in [0.5, 0.6) is 0 Å². The molecule has 0 bridgehead atoms. The van der Waals surface area contributed by atoms with Crippen LogP contribution in [0.2, 0.25) is 5.02 Å². The van der Waals surface area contributed by atoms with Gasteiger partial charge >= 0.3 is 5.17 Å². The van der Waals surface area contributed by atoms with Crippen LogP contribution in [0, 0.1) is 0 Å². The summed E-state index contributed by atoms with van der Waals surface area (Å²) in [7, 11) is 0. The zero-order valence-corrected chi connectivity index (χ0v) is 17.8. The normalized spacial score (nSPS) is 22.2. The second-order valence-electron chi connectivity index (χ2n) is 6.57. The second kappa shape index (κ2) is 7.93. The van der Waals surface area contributed by atoms with Crippen molar-refractivity contribution in [2.24, 2.45) is 0 Å². The highest BCUT2D eigenvalue weighted by atomic mass is 79.9. The van der Waals surface area contributed by atoms with E-state index in [4.69, 9.17) is 11.6 Å². The SMILES string of the molecule is CCc1ccc(C2(O)CN(c3ccc(Cl)cc3)C3=[N+]2CCCS3)cc1.[Br-]. The van der Waals surface area contributed by atoms with Gasteiger partial charge in [-0.3, -0.25) is 0 Å². The zero-order chi connectivity index (χ0) is 17.4. The molecule has 1 unspecified atom stereocenters. The van der Waals surface area contributed by atoms with Gasteiger partial charge in [0.1, 0.15) is 5.69 Å². The first-order valence-electron chi connectivity index (χ1n) is 8.74. The number of amidine groups is 1. The number of nitrogens with zero attached hydrogens (tertiary/aromatic N) is 2. The summed E-state index contributed by atoms with van der Waals surface area (Å²) in [6.45, 7) is 3.55. The van der Waals surface area contributed by atoms with E-state index in [1.54, 1.807) is 0 Å². The van der Waals surface area contributed by atoms with E-state index in [1.807, 2.05) is 36.0 Å². The van der Waals surface area contributed by atoms with Crippen molar-refractivity contribution in [2.75, 3.05) is 23.7 Å². The quantitative estimate of drug-likeness (QED) is 0.705. The molecule has 0 spiro atoms. The predicted molar refractivity (Wildman–Crippen MR) is 106 cm³/mol. The molecule has 3 nitrogen and oxygen atoms in total. The van der Waals surface area contributed by atoms with Crippen LogP contribution in [0.25, 0.3) is 0 Å². The Kier molecular flexibility index (Phi) is 6.02. The first-order chi connectivity index (χ1) is 12.1. The summed E-state index contributed by atoms with van der Waals surface area (Å²) in [5.74, 6) is 1.08. The first kappa shape index (κ1) is 19.7. The van der Waals surface area contributed by atoms with Gasteiger partial charge in [-0.05, 0) is 54.4 Å². The fourth-order valence-corrected chi connectivity index (χ4v) is 4.88. The lowest BCUT2D eigenvalue weighted by atomic mass is 10.00. The molecule has 0 radical (unpaired) electrons. The molecule has 0 aromatic heterocycles. The van der Waals surface area contributed by atoms with Gasteiger partial charge in [0.25, 0.3) is 5.72 Å². The van der Waals surface area contributed by atoms with Crippen molar-refractivity contribution in [3.63, 3.8) is 0 Å². The van der Waals surface area contributed by atoms with Crippen molar-refractivity contribution in [1.29, 1.82) is 0 Å². The Bertz CT molecular complexity index is 810. The predicted octanol–water partition coefficient (Wildman–Crippen LogP) is 1.08. The summed E-state index contributed by atoms with van der Waals surface area (Å²) in [6.07, 6.45) is 2.09. The molecule has 4 rings (SSSR count). The number of hydrogen-bond acceptors (Lipinski definition) is 3. The van der Waals surface area contributed by atoms with E-state index in [2.05, 4.69) is 40.7 Å². The number of thioether (sulfide) groups is 1. The summed E-state index contributed by atoms with van der Waals surface area (Å²) in [4.78, 5) is 2.22. The maximum Gasteiger partial charge on any atom is 0.316 e. The van der Waals surface area contributed by atoms with E-state index in [1.165, 1.54) is 5.56 Å². The monoisotopic (exact) mass is 452 g/mol. The highest BCUT2D eigenvalue weighted by Crippen LogP contribution is 2.37. The Balaban J connectivity index is 0.00000196. The molecule has 26 heavy (non-hydrogen) atoms. The van der Waals surface area contributed by atoms with Gasteiger partial charge in [-0.15, -0.1) is 0 Å². The third-order valence-electron chi connectivity index (χ3n) is 5.01. The number of β-amino-alcohol motifs (C(OH)–C–C–N with tert-alkyl or cyclic N) is 1. The van der Waals surface area contributed by atoms with Crippen LogP contribution in [-0.2, 0) is 12.1 Å². The fraction of sp³-hybridized carbons (Fsp3) is 0.350. The Labute approximate surface area is 174 Å². The Morgan fingerprint density at radius 2 is 1.85 bits per heavy atom. The van der Waals surface area contributed by atoms with Gasteiger partial charge in [-0.25, -0.2) is 9.48 Å². The molecule has 0 amide bonds. The Morgan fingerprint density at radius 1 is 1.15 bits per heavy atom. The molecular formula is C20H22BrClN2OS. The molecular weight excluding hydrogens is 432 g/mol. The van der Waals surface area contributed by atoms with Crippen molar-refractivity contribution in [3.05, 3.63) is 64.7 Å². The van der Waals surface area contributed by atoms with Crippen molar-refractivity contribution in [1.82, 2.24) is 0 Å². The van der Waals surface area contributed by atoms with E-state index >= 15 is 0 Å². The van der Waals surface area contributed by atoms with E-state index < -0.39 is 5.72 Å². The minimum atomic E-state index is -0.991. The fourth-order valence-electron chi connectivity index (χ4n) is 3.58. The molecule has 2 aromatic rings. The third-order valence-corrected chi connectivity index (χ3v) is 6.45. The van der Waals surface area contributed by atoms with Gasteiger partial charge in [-0.2, -0.15) is 0 Å². The second-order valence-corrected chi connectivity index (χ2v) is 8.06. The van der Waals surface area contributed by atoms with Crippen LogP contribution in [-0.4, -0.2) is 33.7 Å². The summed E-state index contributed by atoms with van der Waals surface area (Å²) in [5, 5.41) is 13.5. The Hall–Kier alpha value is -1.01. The van der Waals surface area contributed by atoms with Gasteiger partial charge in [0, 0.05) is 16.3 Å². The van der Waals surface area contributed by atoms with Crippen LogP contribution in [0.3, 0.4) is 0 Å². The van der Waals surface area contributed by atoms with Gasteiger partial charge in [0.2, 0.25) is 0 Å². The average molecular weight is 454 g/mol. The van der Waals surface area contributed by atoms with Gasteiger partial charge < -0.3 is 22.1 Å². The first-order valence-corrected chi connectivity index (χ1v) is 10.1. The minimum absolute atomic E-state index is 0. The molecule has 0 fully saturated rings. The number of hydrogen-bond donors (Lipinski definition) is 1. The summed E-state index contributed by atoms with van der Waals surface area (Å²) >= 11 is 7.87. The highest BCUT2D eigenvalue weighted by molar-refractivity contribution is 8.13. The number of halogens is 2. The molecule has 1 N–H and O–H groups in total. The molecule has 2 aliphatic rings. The average Bonchev–Trinajstić information content (AvgIpc) is 2.97. The standard InChI is InChI=1S/C20H22ClN2OS.BrH/c1-2-15-4-6-16(7-5-15)20(24)14-22(18-10-8-17(21)9-11-18)19-23(20)12-3-13-25-19;/h4-11,24H,2-3,12-14H2,1H3;1H/q+1;/p-1. The number of aryl methyl sites for hydroxylation is 1. The molecule has 0 saturated carbocycles. The molecule has 6 heteroatoms. The zero-order valence-electron chi connectivity index (χ0n) is 14.7. The van der Waals surface area contributed by atoms with E-state index in [0.29, 0.717) is 6.54 Å². The lowest BCUT2D eigenvalue weighted by Gasteiger charge is -2.24. The molecule has 2 aliphatic heterocycles. The van der Waals surface area contributed by atoms with E-state index in [9.17, 15) is 5.11 Å². The summed E-state index contributed by atoms with van der Waals surface area (Å²) < 4.78 is 2.16. The van der Waals surface area contributed by atoms with Crippen molar-refractivity contribution in [2.45, 2.75) is 25.5 Å². The van der Waals surface area contributed by atoms with Gasteiger partial charge in [0.15, 0.2) is 6.54 Å². The largest absolute Gasteiger partial charge is 1.00 e. The van der Waals surface area contributed by atoms with Crippen LogP contribution >= 0.6 is 23.4 Å². The van der Waals surface area contributed by atoms with Crippen LogP contribution in [0.15, 0.2) is 48.5 Å². The molecule has 1 atom stereocenters. The number of rotatable bonds is 3. The van der Waals surface area contributed by atoms with Gasteiger partial charge in [0.05, 0.1) is 6.54 Å². The number of anilines is 1.